The lowest BCUT2D eigenvalue weighted by Gasteiger charge is -2.26. The molecule has 0 aromatic heterocycles. The van der Waals surface area contributed by atoms with Crippen molar-refractivity contribution in [2.24, 2.45) is 0 Å². The standard InChI is InChI=1S/C33H46O3/c1-22(2)12-9-13-23(3)14-10-15-24(4)16-11-18-33(8,36)19-17-28-27(7)31(34)29-20-25(5)26(6)21-30(29)32(28)35/h12,14,16,20-21,36H,9-11,13,15,17-19H2,1-8H3. The molecule has 0 saturated carbocycles. The lowest BCUT2D eigenvalue weighted by atomic mass is 9.80. The molecule has 196 valence electrons. The van der Waals surface area contributed by atoms with Crippen molar-refractivity contribution in [3.63, 3.8) is 0 Å². The highest BCUT2D eigenvalue weighted by Crippen LogP contribution is 2.32. The number of aliphatic hydroxyl groups is 1. The molecule has 0 bridgehead atoms. The van der Waals surface area contributed by atoms with E-state index >= 15 is 0 Å². The number of fused-ring (bicyclic) bond motifs is 1. The zero-order chi connectivity index (χ0) is 27.0. The monoisotopic (exact) mass is 490 g/mol. The van der Waals surface area contributed by atoms with Gasteiger partial charge >= 0.3 is 0 Å². The Labute approximate surface area is 219 Å². The zero-order valence-electron chi connectivity index (χ0n) is 23.8. The number of Topliss-reactive ketones (excluding diaryl/α,β-unsaturated/α-hetero) is 2. The van der Waals surface area contributed by atoms with Gasteiger partial charge in [0.05, 0.1) is 5.60 Å². The summed E-state index contributed by atoms with van der Waals surface area (Å²) >= 11 is 0. The Morgan fingerprint density at radius 2 is 1.28 bits per heavy atom. The molecule has 1 unspecified atom stereocenters. The van der Waals surface area contributed by atoms with Gasteiger partial charge in [-0.05, 0) is 130 Å². The first-order valence-electron chi connectivity index (χ1n) is 13.4. The molecule has 0 aliphatic heterocycles. The van der Waals surface area contributed by atoms with Gasteiger partial charge in [0.25, 0.3) is 0 Å². The van der Waals surface area contributed by atoms with Gasteiger partial charge in [0.1, 0.15) is 0 Å². The van der Waals surface area contributed by atoms with Crippen LogP contribution in [-0.2, 0) is 0 Å². The Hall–Kier alpha value is -2.52. The third kappa shape index (κ3) is 8.55. The summed E-state index contributed by atoms with van der Waals surface area (Å²) in [6, 6.07) is 3.67. The molecule has 3 heteroatoms. The molecule has 0 radical (unpaired) electrons. The third-order valence-corrected chi connectivity index (χ3v) is 7.40. The van der Waals surface area contributed by atoms with E-state index in [0.717, 1.165) is 43.2 Å². The fourth-order valence-electron chi connectivity index (χ4n) is 4.65. The van der Waals surface area contributed by atoms with Crippen molar-refractivity contribution < 1.29 is 14.7 Å². The topological polar surface area (TPSA) is 54.4 Å². The Morgan fingerprint density at radius 1 is 0.778 bits per heavy atom. The van der Waals surface area contributed by atoms with E-state index in [1.54, 1.807) is 6.92 Å². The average molecular weight is 491 g/mol. The third-order valence-electron chi connectivity index (χ3n) is 7.40. The molecule has 0 saturated heterocycles. The maximum atomic E-state index is 13.2. The maximum absolute atomic E-state index is 13.2. The number of aryl methyl sites for hydroxylation is 2. The van der Waals surface area contributed by atoms with Crippen LogP contribution in [0.5, 0.6) is 0 Å². The molecule has 1 atom stereocenters. The number of ketones is 2. The van der Waals surface area contributed by atoms with E-state index in [2.05, 4.69) is 45.9 Å². The Morgan fingerprint density at radius 3 is 1.83 bits per heavy atom. The normalized spacial score (nSPS) is 16.2. The van der Waals surface area contributed by atoms with Crippen molar-refractivity contribution in [1.82, 2.24) is 0 Å². The number of hydrogen-bond donors (Lipinski definition) is 1. The molecule has 1 N–H and O–H groups in total. The summed E-state index contributed by atoms with van der Waals surface area (Å²) in [5.74, 6) is -0.136. The maximum Gasteiger partial charge on any atom is 0.190 e. The van der Waals surface area contributed by atoms with Crippen molar-refractivity contribution in [3.05, 3.63) is 80.5 Å². The molecule has 1 aliphatic carbocycles. The second-order valence-electron chi connectivity index (χ2n) is 11.2. The van der Waals surface area contributed by atoms with Gasteiger partial charge in [-0.2, -0.15) is 0 Å². The summed E-state index contributed by atoms with van der Waals surface area (Å²) < 4.78 is 0. The predicted molar refractivity (Wildman–Crippen MR) is 152 cm³/mol. The number of benzene rings is 1. The molecular formula is C33H46O3. The SMILES string of the molecule is CC(C)=CCCC(C)=CCCC(C)=CCCC(C)(O)CCC1=C(C)C(=O)c2cc(C)c(C)cc2C1=O. The zero-order valence-corrected chi connectivity index (χ0v) is 23.8. The van der Waals surface area contributed by atoms with E-state index in [9.17, 15) is 14.7 Å². The van der Waals surface area contributed by atoms with Crippen LogP contribution < -0.4 is 0 Å². The van der Waals surface area contributed by atoms with E-state index in [4.69, 9.17) is 0 Å². The first-order valence-corrected chi connectivity index (χ1v) is 13.4. The highest BCUT2D eigenvalue weighted by atomic mass is 16.3. The van der Waals surface area contributed by atoms with Crippen LogP contribution in [0.4, 0.5) is 0 Å². The van der Waals surface area contributed by atoms with Gasteiger partial charge < -0.3 is 5.11 Å². The largest absolute Gasteiger partial charge is 0.390 e. The van der Waals surface area contributed by atoms with Crippen LogP contribution in [0.2, 0.25) is 0 Å². The molecule has 2 rings (SSSR count). The lowest BCUT2D eigenvalue weighted by molar-refractivity contribution is 0.0429. The molecule has 1 aliphatic rings. The summed E-state index contributed by atoms with van der Waals surface area (Å²) in [7, 11) is 0. The Balaban J connectivity index is 1.89. The van der Waals surface area contributed by atoms with Crippen molar-refractivity contribution in [3.8, 4) is 0 Å². The molecule has 36 heavy (non-hydrogen) atoms. The second kappa shape index (κ2) is 13.1. The summed E-state index contributed by atoms with van der Waals surface area (Å²) in [5.41, 5.74) is 7.38. The van der Waals surface area contributed by atoms with Gasteiger partial charge in [-0.15, -0.1) is 0 Å². The molecule has 3 nitrogen and oxygen atoms in total. The number of carbonyl (C=O) groups excluding carboxylic acids is 2. The molecule has 0 amide bonds. The Bertz CT molecular complexity index is 1100. The number of carbonyl (C=O) groups is 2. The lowest BCUT2D eigenvalue weighted by Crippen LogP contribution is -2.27. The van der Waals surface area contributed by atoms with Crippen molar-refractivity contribution in [1.29, 1.82) is 0 Å². The second-order valence-corrected chi connectivity index (χ2v) is 11.2. The van der Waals surface area contributed by atoms with Crippen molar-refractivity contribution in [2.75, 3.05) is 0 Å². The minimum atomic E-state index is -0.891. The number of hydrogen-bond acceptors (Lipinski definition) is 3. The van der Waals surface area contributed by atoms with E-state index in [0.29, 0.717) is 41.5 Å². The molecule has 1 aromatic rings. The van der Waals surface area contributed by atoms with E-state index in [1.807, 2.05) is 32.9 Å². The minimum Gasteiger partial charge on any atom is -0.390 e. The smallest absolute Gasteiger partial charge is 0.190 e. The minimum absolute atomic E-state index is 0.0675. The predicted octanol–water partition coefficient (Wildman–Crippen LogP) is 8.73. The summed E-state index contributed by atoms with van der Waals surface area (Å²) in [5, 5.41) is 11.0. The number of rotatable bonds is 12. The van der Waals surface area contributed by atoms with Gasteiger partial charge in [0.15, 0.2) is 11.6 Å². The molecule has 0 spiro atoms. The highest BCUT2D eigenvalue weighted by molar-refractivity contribution is 6.26. The first kappa shape index (κ1) is 29.7. The fraction of sp³-hybridized carbons (Fsp3) is 0.515. The van der Waals surface area contributed by atoms with Crippen LogP contribution in [0.25, 0.3) is 0 Å². The van der Waals surface area contributed by atoms with Crippen molar-refractivity contribution >= 4 is 11.6 Å². The van der Waals surface area contributed by atoms with Crippen LogP contribution in [0.15, 0.2) is 58.2 Å². The van der Waals surface area contributed by atoms with E-state index < -0.39 is 5.60 Å². The van der Waals surface area contributed by atoms with Gasteiger partial charge in [-0.25, -0.2) is 0 Å². The van der Waals surface area contributed by atoms with Gasteiger partial charge in [0, 0.05) is 22.3 Å². The van der Waals surface area contributed by atoms with Gasteiger partial charge in [-0.1, -0.05) is 34.9 Å². The summed E-state index contributed by atoms with van der Waals surface area (Å²) in [6.07, 6.45) is 13.5. The summed E-state index contributed by atoms with van der Waals surface area (Å²) in [4.78, 5) is 26.1. The average Bonchev–Trinajstić information content (AvgIpc) is 2.78. The quantitative estimate of drug-likeness (QED) is 0.298. The molecule has 1 aromatic carbocycles. The molecule has 0 fully saturated rings. The highest BCUT2D eigenvalue weighted by Gasteiger charge is 2.31. The molecular weight excluding hydrogens is 444 g/mol. The van der Waals surface area contributed by atoms with Crippen molar-refractivity contribution in [2.45, 2.75) is 112 Å². The number of allylic oxidation sites excluding steroid dienone is 8. The van der Waals surface area contributed by atoms with E-state index in [-0.39, 0.29) is 11.6 Å². The van der Waals surface area contributed by atoms with Crippen LogP contribution in [0, 0.1) is 13.8 Å². The van der Waals surface area contributed by atoms with Crippen LogP contribution in [0.1, 0.15) is 125 Å². The van der Waals surface area contributed by atoms with Crippen LogP contribution in [-0.4, -0.2) is 22.3 Å². The first-order chi connectivity index (χ1) is 16.8. The van der Waals surface area contributed by atoms with Gasteiger partial charge in [-0.3, -0.25) is 9.59 Å². The summed E-state index contributed by atoms with van der Waals surface area (Å²) in [6.45, 7) is 16.1. The fourth-order valence-corrected chi connectivity index (χ4v) is 4.65. The Kier molecular flexibility index (Phi) is 10.8. The van der Waals surface area contributed by atoms with Gasteiger partial charge in [0.2, 0.25) is 0 Å². The van der Waals surface area contributed by atoms with Crippen LogP contribution in [0.3, 0.4) is 0 Å². The molecule has 0 heterocycles. The van der Waals surface area contributed by atoms with Crippen LogP contribution >= 0.6 is 0 Å². The van der Waals surface area contributed by atoms with E-state index in [1.165, 1.54) is 16.7 Å².